The smallest absolute Gasteiger partial charge is 0.187 e. The first-order chi connectivity index (χ1) is 30.2. The first kappa shape index (κ1) is 48.9. The second-order valence-corrected chi connectivity index (χ2v) is 20.2. The molecule has 0 amide bonds. The number of rotatable bonds is 10. The van der Waals surface area contributed by atoms with Crippen LogP contribution >= 0.6 is 0 Å². The van der Waals surface area contributed by atoms with Gasteiger partial charge in [-0.3, -0.25) is 4.79 Å². The zero-order chi connectivity index (χ0) is 46.3. The Labute approximate surface area is 372 Å². The van der Waals surface area contributed by atoms with Crippen molar-refractivity contribution >= 4 is 5.78 Å². The number of ether oxygens (including phenoxy) is 8. The van der Waals surface area contributed by atoms with Crippen molar-refractivity contribution in [2.45, 2.75) is 215 Å². The van der Waals surface area contributed by atoms with Gasteiger partial charge in [0.25, 0.3) is 0 Å². The Kier molecular flexibility index (Phi) is 14.3. The molecular weight excluding hydrogens is 844 g/mol. The lowest BCUT2D eigenvalue weighted by Gasteiger charge is -2.58. The van der Waals surface area contributed by atoms with E-state index in [4.69, 9.17) is 37.9 Å². The maximum absolute atomic E-state index is 12.6. The van der Waals surface area contributed by atoms with Gasteiger partial charge in [-0.05, 0) is 107 Å². The summed E-state index contributed by atoms with van der Waals surface area (Å²) in [5.41, 5.74) is 2.03. The highest BCUT2D eigenvalue weighted by Gasteiger charge is 2.59. The molecule has 8 rings (SSSR count). The van der Waals surface area contributed by atoms with E-state index in [1.807, 2.05) is 0 Å². The summed E-state index contributed by atoms with van der Waals surface area (Å²) in [6.07, 6.45) is -20.0. The van der Waals surface area contributed by atoms with Gasteiger partial charge in [-0.25, -0.2) is 0 Å². The fourth-order valence-electron chi connectivity index (χ4n) is 12.5. The first-order valence-electron chi connectivity index (χ1n) is 23.1. The molecule has 10 N–H and O–H groups in total. The number of hydrogen-bond donors (Lipinski definition) is 10. The number of aliphatic hydroxyl groups excluding tert-OH is 10. The Morgan fingerprint density at radius 3 is 1.73 bits per heavy atom. The minimum absolute atomic E-state index is 0.0936. The molecule has 8 aliphatic rings. The summed E-state index contributed by atoms with van der Waals surface area (Å²) in [4.78, 5) is 12.6. The quantitative estimate of drug-likeness (QED) is 0.115. The van der Waals surface area contributed by atoms with Gasteiger partial charge in [0.15, 0.2) is 30.9 Å². The van der Waals surface area contributed by atoms with E-state index in [0.717, 1.165) is 37.7 Å². The first-order valence-corrected chi connectivity index (χ1v) is 23.1. The van der Waals surface area contributed by atoms with Gasteiger partial charge in [-0.2, -0.15) is 0 Å². The van der Waals surface area contributed by atoms with E-state index < -0.39 is 136 Å². The number of allylic oxidation sites excluding steroid dienone is 3. The van der Waals surface area contributed by atoms with Crippen LogP contribution in [0.25, 0.3) is 0 Å². The number of aliphatic hydroxyl groups is 10. The number of carbonyl (C=O) groups excluding carboxylic acids is 1. The molecule has 6 fully saturated rings. The predicted octanol–water partition coefficient (Wildman–Crippen LogP) is -1.18. The van der Waals surface area contributed by atoms with E-state index >= 15 is 0 Å². The molecule has 0 aromatic carbocycles. The van der Waals surface area contributed by atoms with E-state index in [-0.39, 0.29) is 16.6 Å². The molecule has 0 bridgehead atoms. The SMILES string of the molecule is CC(=O)C1=CC[C@@H]2[C@@H]3CC=C4C[C@@H](O[C@@H]5O[C@H](CO)[C@@H](O[C@@H]6O[C@@H](C)[C@H](O[C@@H]7O[C@@H](C)[C@H](O)[C@@H](O)[C@H]7O)[C@@H](O)[C@H]6O)[C@H](O)[C@H]5O[C@@H]5O[C@@H](C)[C@H](O)[C@@H](O)[C@H]5O)CC[C@]4(C)[C@H]3CC[C@]12C. The van der Waals surface area contributed by atoms with Crippen LogP contribution in [0.5, 0.6) is 0 Å². The number of hydrogen-bond acceptors (Lipinski definition) is 19. The van der Waals surface area contributed by atoms with Crippen LogP contribution in [0.4, 0.5) is 0 Å². The Bertz CT molecular complexity index is 1730. The fraction of sp³-hybridized carbons (Fsp3) is 0.889. The van der Waals surface area contributed by atoms with E-state index in [1.54, 1.807) is 6.92 Å². The lowest BCUT2D eigenvalue weighted by atomic mass is 9.47. The average molecular weight is 915 g/mol. The van der Waals surface area contributed by atoms with Gasteiger partial charge >= 0.3 is 0 Å². The Morgan fingerprint density at radius 1 is 0.594 bits per heavy atom. The molecule has 0 radical (unpaired) electrons. The van der Waals surface area contributed by atoms with Crippen LogP contribution < -0.4 is 0 Å². The zero-order valence-corrected chi connectivity index (χ0v) is 37.3. The molecule has 4 aliphatic carbocycles. The molecule has 64 heavy (non-hydrogen) atoms. The van der Waals surface area contributed by atoms with Crippen molar-refractivity contribution in [1.82, 2.24) is 0 Å². The molecule has 0 aromatic rings. The number of ketones is 1. The van der Waals surface area contributed by atoms with Gasteiger partial charge in [0.05, 0.1) is 31.0 Å². The fourth-order valence-corrected chi connectivity index (χ4v) is 12.5. The van der Waals surface area contributed by atoms with Crippen LogP contribution in [-0.2, 0) is 42.7 Å². The Hall–Kier alpha value is -1.57. The highest BCUT2D eigenvalue weighted by Crippen LogP contribution is 2.65. The van der Waals surface area contributed by atoms with Crippen molar-refractivity contribution in [3.05, 3.63) is 23.3 Å². The van der Waals surface area contributed by atoms with E-state index in [0.29, 0.717) is 30.6 Å². The molecule has 0 unspecified atom stereocenters. The molecule has 0 spiro atoms. The summed E-state index contributed by atoms with van der Waals surface area (Å²) in [6.45, 7) is 9.96. The van der Waals surface area contributed by atoms with E-state index in [1.165, 1.54) is 26.3 Å². The standard InChI is InChI=1S/C45H70O19/c1-17(47)24-9-10-25-23-8-7-21-15-22(11-13-44(21,5)26(23)12-14-45(24,25)6)60-43-39(64-41-34(54)31(51)29(49)19(3)58-41)36(56)38(27(16-46)61-43)63-42-35(55)32(52)37(20(4)59-42)62-40-33(53)30(50)28(48)18(2)57-40/h7,9,18-20,22-23,25-43,46,48-56H,8,10-16H2,1-6H3/t18-,19-,20-,22-,23-,25+,26-,27+,28-,29-,30+,31+,32-,33+,34+,35+,36-,37-,38+,39+,40-,41-,42-,43+,44-,45+/m0/s1. The minimum Gasteiger partial charge on any atom is -0.394 e. The van der Waals surface area contributed by atoms with Gasteiger partial charge in [0.2, 0.25) is 0 Å². The lowest BCUT2D eigenvalue weighted by Crippen LogP contribution is -2.67. The van der Waals surface area contributed by atoms with Gasteiger partial charge in [0, 0.05) is 0 Å². The van der Waals surface area contributed by atoms with Crippen molar-refractivity contribution in [2.75, 3.05) is 6.61 Å². The van der Waals surface area contributed by atoms with Crippen LogP contribution in [-0.4, -0.2) is 192 Å². The van der Waals surface area contributed by atoms with Crippen molar-refractivity contribution < 1.29 is 93.8 Å². The second-order valence-electron chi connectivity index (χ2n) is 20.2. The Balaban J connectivity index is 0.984. The third-order valence-electron chi connectivity index (χ3n) is 16.4. The summed E-state index contributed by atoms with van der Waals surface area (Å²) in [6, 6.07) is 0. The molecule has 2 saturated carbocycles. The third-order valence-corrected chi connectivity index (χ3v) is 16.4. The molecule has 26 atom stereocenters. The predicted molar refractivity (Wildman–Crippen MR) is 218 cm³/mol. The summed E-state index contributed by atoms with van der Waals surface area (Å²) in [5.74, 6) is 1.43. The molecule has 4 heterocycles. The van der Waals surface area contributed by atoms with Crippen LogP contribution in [0.3, 0.4) is 0 Å². The highest BCUT2D eigenvalue weighted by atomic mass is 16.8. The zero-order valence-electron chi connectivity index (χ0n) is 37.3. The largest absolute Gasteiger partial charge is 0.394 e. The summed E-state index contributed by atoms with van der Waals surface area (Å²) >= 11 is 0. The molecule has 4 aliphatic heterocycles. The molecule has 364 valence electrons. The second kappa shape index (κ2) is 18.7. The molecule has 19 nitrogen and oxygen atoms in total. The molecule has 0 aromatic heterocycles. The van der Waals surface area contributed by atoms with E-state index in [2.05, 4.69) is 26.0 Å². The third kappa shape index (κ3) is 8.50. The highest BCUT2D eigenvalue weighted by molar-refractivity contribution is 5.95. The topological polar surface area (TPSA) is 293 Å². The number of carbonyl (C=O) groups is 1. The summed E-state index contributed by atoms with van der Waals surface area (Å²) in [7, 11) is 0. The molecule has 19 heteroatoms. The van der Waals surface area contributed by atoms with Crippen molar-refractivity contribution in [2.24, 2.45) is 28.6 Å². The lowest BCUT2D eigenvalue weighted by molar-refractivity contribution is -0.394. The monoisotopic (exact) mass is 914 g/mol. The van der Waals surface area contributed by atoms with Crippen molar-refractivity contribution in [3.8, 4) is 0 Å². The van der Waals surface area contributed by atoms with Crippen LogP contribution in [0.15, 0.2) is 23.3 Å². The summed E-state index contributed by atoms with van der Waals surface area (Å²) in [5, 5.41) is 108. The van der Waals surface area contributed by atoms with Crippen LogP contribution in [0, 0.1) is 28.6 Å². The average Bonchev–Trinajstić information content (AvgIpc) is 3.63. The van der Waals surface area contributed by atoms with Crippen LogP contribution in [0.1, 0.15) is 86.5 Å². The van der Waals surface area contributed by atoms with E-state index in [9.17, 15) is 55.9 Å². The Morgan fingerprint density at radius 2 is 1.14 bits per heavy atom. The minimum atomic E-state index is -1.85. The normalized spacial score (nSPS) is 54.2. The van der Waals surface area contributed by atoms with Gasteiger partial charge in [-0.1, -0.05) is 31.6 Å². The number of fused-ring (bicyclic) bond motifs is 5. The molecule has 4 saturated heterocycles. The maximum atomic E-state index is 12.6. The summed E-state index contributed by atoms with van der Waals surface area (Å²) < 4.78 is 48.2. The number of Topliss-reactive ketones (excluding diaryl/α,β-unsaturated/α-hetero) is 1. The maximum Gasteiger partial charge on any atom is 0.187 e. The van der Waals surface area contributed by atoms with Crippen molar-refractivity contribution in [3.63, 3.8) is 0 Å². The molecular formula is C45H70O19. The van der Waals surface area contributed by atoms with Crippen LogP contribution in [0.2, 0.25) is 0 Å². The van der Waals surface area contributed by atoms with Crippen molar-refractivity contribution in [1.29, 1.82) is 0 Å². The van der Waals surface area contributed by atoms with Gasteiger partial charge in [-0.15, -0.1) is 0 Å². The van der Waals surface area contributed by atoms with Gasteiger partial charge < -0.3 is 89.0 Å². The van der Waals surface area contributed by atoms with Gasteiger partial charge in [0.1, 0.15) is 79.4 Å².